The maximum Gasteiger partial charge on any atom is 0.416 e. The zero-order chi connectivity index (χ0) is 23.8. The van der Waals surface area contributed by atoms with E-state index in [-0.39, 0.29) is 25.4 Å². The van der Waals surface area contributed by atoms with Gasteiger partial charge in [0.2, 0.25) is 5.91 Å². The van der Waals surface area contributed by atoms with Crippen LogP contribution >= 0.6 is 0 Å². The molecular weight excluding hydrogens is 439 g/mol. The number of aromatic nitrogens is 2. The van der Waals surface area contributed by atoms with Gasteiger partial charge in [-0.2, -0.15) is 13.2 Å². The fourth-order valence-electron chi connectivity index (χ4n) is 2.92. The predicted octanol–water partition coefficient (Wildman–Crippen LogP) is 3.52. The fourth-order valence-corrected chi connectivity index (χ4v) is 2.92. The molecule has 2 aromatic carbocycles. The van der Waals surface area contributed by atoms with Crippen molar-refractivity contribution in [3.05, 3.63) is 76.8 Å². The van der Waals surface area contributed by atoms with E-state index in [1.54, 1.807) is 24.3 Å². The Balaban J connectivity index is 1.50. The number of hydrogen-bond donors (Lipinski definition) is 1. The summed E-state index contributed by atoms with van der Waals surface area (Å²) in [6, 6.07) is 12.9. The number of halogens is 3. The van der Waals surface area contributed by atoms with Crippen molar-refractivity contribution in [3.63, 3.8) is 0 Å². The van der Waals surface area contributed by atoms with Gasteiger partial charge in [-0.25, -0.2) is 4.98 Å². The number of carbonyl (C=O) groups excluding carboxylic acids is 1. The maximum atomic E-state index is 12.7. The Labute approximate surface area is 187 Å². The zero-order valence-electron chi connectivity index (χ0n) is 17.8. The van der Waals surface area contributed by atoms with Gasteiger partial charge in [0.05, 0.1) is 30.7 Å². The Morgan fingerprint density at radius 2 is 1.82 bits per heavy atom. The Bertz CT molecular complexity index is 1140. The van der Waals surface area contributed by atoms with E-state index in [4.69, 9.17) is 9.47 Å². The number of benzene rings is 2. The SMILES string of the molecule is CCOc1ccc(-c2cc(=O)n(CC(=O)NCCOc3cccc(C(F)(F)F)c3)cn2)cc1. The number of hydrogen-bond acceptors (Lipinski definition) is 5. The van der Waals surface area contributed by atoms with Gasteiger partial charge >= 0.3 is 6.18 Å². The molecule has 10 heteroatoms. The normalized spacial score (nSPS) is 11.2. The summed E-state index contributed by atoms with van der Waals surface area (Å²) in [5.41, 5.74) is -0.0121. The van der Waals surface area contributed by atoms with E-state index >= 15 is 0 Å². The predicted molar refractivity (Wildman–Crippen MR) is 115 cm³/mol. The van der Waals surface area contributed by atoms with E-state index in [2.05, 4.69) is 10.3 Å². The molecule has 0 saturated heterocycles. The van der Waals surface area contributed by atoms with Crippen molar-refractivity contribution in [2.75, 3.05) is 19.8 Å². The Morgan fingerprint density at radius 3 is 2.48 bits per heavy atom. The molecule has 0 unspecified atom stereocenters. The van der Waals surface area contributed by atoms with E-state index in [1.807, 2.05) is 6.92 Å². The average Bonchev–Trinajstić information content (AvgIpc) is 2.78. The van der Waals surface area contributed by atoms with Gasteiger partial charge in [-0.15, -0.1) is 0 Å². The standard InChI is InChI=1S/C23H22F3N3O4/c1-2-32-18-8-6-16(7-9-18)20-13-22(31)29(15-28-20)14-21(30)27-10-11-33-19-5-3-4-17(12-19)23(24,25)26/h3-9,12-13,15H,2,10-11,14H2,1H3,(H,27,30). The lowest BCUT2D eigenvalue weighted by Gasteiger charge is -2.11. The fraction of sp³-hybridized carbons (Fsp3) is 0.261. The first-order chi connectivity index (χ1) is 15.8. The van der Waals surface area contributed by atoms with E-state index < -0.39 is 23.2 Å². The van der Waals surface area contributed by atoms with E-state index in [1.165, 1.54) is 24.5 Å². The summed E-state index contributed by atoms with van der Waals surface area (Å²) in [4.78, 5) is 28.7. The van der Waals surface area contributed by atoms with Crippen LogP contribution in [0.5, 0.6) is 11.5 Å². The van der Waals surface area contributed by atoms with E-state index in [0.717, 1.165) is 22.3 Å². The monoisotopic (exact) mass is 461 g/mol. The molecule has 3 rings (SSSR count). The Hall–Kier alpha value is -3.82. The highest BCUT2D eigenvalue weighted by Gasteiger charge is 2.30. The lowest BCUT2D eigenvalue weighted by Crippen LogP contribution is -2.34. The summed E-state index contributed by atoms with van der Waals surface area (Å²) < 4.78 is 49.9. The Kier molecular flexibility index (Phi) is 7.70. The molecule has 0 atom stereocenters. The molecule has 0 aliphatic heterocycles. The quantitative estimate of drug-likeness (QED) is 0.493. The smallest absolute Gasteiger partial charge is 0.416 e. The molecule has 1 N–H and O–H groups in total. The summed E-state index contributed by atoms with van der Waals surface area (Å²) >= 11 is 0. The topological polar surface area (TPSA) is 82.5 Å². The molecule has 0 aliphatic rings. The third-order valence-electron chi connectivity index (χ3n) is 4.51. The van der Waals surface area contributed by atoms with E-state index in [0.29, 0.717) is 18.1 Å². The minimum absolute atomic E-state index is 0.0309. The number of carbonyl (C=O) groups is 1. The van der Waals surface area contributed by atoms with Gasteiger partial charge in [0.1, 0.15) is 24.7 Å². The molecule has 174 valence electrons. The largest absolute Gasteiger partial charge is 0.494 e. The first kappa shape index (κ1) is 23.8. The molecule has 3 aromatic rings. The van der Waals surface area contributed by atoms with Crippen molar-refractivity contribution < 1.29 is 27.4 Å². The average molecular weight is 461 g/mol. The Morgan fingerprint density at radius 1 is 1.06 bits per heavy atom. The molecule has 0 saturated carbocycles. The summed E-state index contributed by atoms with van der Waals surface area (Å²) in [5, 5.41) is 2.55. The first-order valence-electron chi connectivity index (χ1n) is 10.1. The molecular formula is C23H22F3N3O4. The summed E-state index contributed by atoms with van der Waals surface area (Å²) in [5.74, 6) is 0.299. The third kappa shape index (κ3) is 6.83. The molecule has 33 heavy (non-hydrogen) atoms. The molecule has 1 amide bonds. The molecule has 0 radical (unpaired) electrons. The van der Waals surface area contributed by atoms with Crippen molar-refractivity contribution in [1.29, 1.82) is 0 Å². The molecule has 1 aromatic heterocycles. The van der Waals surface area contributed by atoms with Gasteiger partial charge in [-0.3, -0.25) is 14.2 Å². The van der Waals surface area contributed by atoms with Crippen molar-refractivity contribution in [2.45, 2.75) is 19.6 Å². The first-order valence-corrected chi connectivity index (χ1v) is 10.1. The van der Waals surface area contributed by atoms with Crippen LogP contribution in [-0.2, 0) is 17.5 Å². The molecule has 0 bridgehead atoms. The van der Waals surface area contributed by atoms with Crippen LogP contribution in [0.15, 0.2) is 65.7 Å². The van der Waals surface area contributed by atoms with Gasteiger partial charge in [-0.1, -0.05) is 6.07 Å². The zero-order valence-corrected chi connectivity index (χ0v) is 17.8. The number of ether oxygens (including phenoxy) is 2. The van der Waals surface area contributed by atoms with Crippen LogP contribution in [0.2, 0.25) is 0 Å². The summed E-state index contributed by atoms with van der Waals surface area (Å²) in [6.07, 6.45) is -3.18. The highest BCUT2D eigenvalue weighted by molar-refractivity contribution is 5.75. The number of alkyl halides is 3. The van der Waals surface area contributed by atoms with Crippen molar-refractivity contribution in [1.82, 2.24) is 14.9 Å². The van der Waals surface area contributed by atoms with Crippen LogP contribution < -0.4 is 20.3 Å². The van der Waals surface area contributed by atoms with Gasteiger partial charge in [0.15, 0.2) is 0 Å². The molecule has 0 fully saturated rings. The van der Waals surface area contributed by atoms with Crippen LogP contribution in [-0.4, -0.2) is 35.2 Å². The van der Waals surface area contributed by atoms with Crippen LogP contribution in [0.3, 0.4) is 0 Å². The van der Waals surface area contributed by atoms with Crippen molar-refractivity contribution in [3.8, 4) is 22.8 Å². The number of rotatable bonds is 9. The van der Waals surface area contributed by atoms with Gasteiger partial charge in [0.25, 0.3) is 5.56 Å². The van der Waals surface area contributed by atoms with Crippen molar-refractivity contribution in [2.24, 2.45) is 0 Å². The minimum atomic E-state index is -4.46. The van der Waals surface area contributed by atoms with Crippen LogP contribution in [0.1, 0.15) is 12.5 Å². The maximum absolute atomic E-state index is 12.7. The van der Waals surface area contributed by atoms with Crippen LogP contribution in [0.4, 0.5) is 13.2 Å². The molecule has 7 nitrogen and oxygen atoms in total. The molecule has 0 aliphatic carbocycles. The number of nitrogens with zero attached hydrogens (tertiary/aromatic N) is 2. The second kappa shape index (κ2) is 10.7. The van der Waals surface area contributed by atoms with Gasteiger partial charge in [-0.05, 0) is 49.4 Å². The third-order valence-corrected chi connectivity index (χ3v) is 4.51. The second-order valence-electron chi connectivity index (χ2n) is 6.92. The van der Waals surface area contributed by atoms with Crippen LogP contribution in [0.25, 0.3) is 11.3 Å². The van der Waals surface area contributed by atoms with Crippen molar-refractivity contribution >= 4 is 5.91 Å². The lowest BCUT2D eigenvalue weighted by molar-refractivity contribution is -0.137. The summed E-state index contributed by atoms with van der Waals surface area (Å²) in [6.45, 7) is 2.21. The number of nitrogens with one attached hydrogen (secondary N) is 1. The molecule has 0 spiro atoms. The highest BCUT2D eigenvalue weighted by atomic mass is 19.4. The highest BCUT2D eigenvalue weighted by Crippen LogP contribution is 2.31. The molecule has 1 heterocycles. The van der Waals surface area contributed by atoms with E-state index in [9.17, 15) is 22.8 Å². The second-order valence-corrected chi connectivity index (χ2v) is 6.92. The lowest BCUT2D eigenvalue weighted by atomic mass is 10.1. The van der Waals surface area contributed by atoms with Gasteiger partial charge < -0.3 is 14.8 Å². The number of amides is 1. The minimum Gasteiger partial charge on any atom is -0.494 e. The van der Waals surface area contributed by atoms with Crippen LogP contribution in [0, 0.1) is 0 Å². The summed E-state index contributed by atoms with van der Waals surface area (Å²) in [7, 11) is 0. The van der Waals surface area contributed by atoms with Gasteiger partial charge in [0, 0.05) is 11.6 Å².